The Kier molecular flexibility index (Phi) is 5.82. The maximum absolute atomic E-state index is 13.4. The number of fused-ring (bicyclic) bond motifs is 1. The summed E-state index contributed by atoms with van der Waals surface area (Å²) in [5.74, 6) is -1.71. The molecule has 2 N–H and O–H groups in total. The first-order valence-corrected chi connectivity index (χ1v) is 9.71. The van der Waals surface area contributed by atoms with Crippen molar-refractivity contribution in [3.63, 3.8) is 0 Å². The van der Waals surface area contributed by atoms with Crippen LogP contribution in [-0.4, -0.2) is 11.8 Å². The molecule has 1 aromatic heterocycles. The van der Waals surface area contributed by atoms with Gasteiger partial charge < -0.3 is 15.1 Å². The Hall–Kier alpha value is -3.90. The van der Waals surface area contributed by atoms with Gasteiger partial charge in [-0.25, -0.2) is 4.39 Å². The average Bonchev–Trinajstić information content (AvgIpc) is 3.14. The quantitative estimate of drug-likeness (QED) is 0.371. The van der Waals surface area contributed by atoms with Gasteiger partial charge in [0.1, 0.15) is 17.1 Å². The number of benzene rings is 3. The molecule has 3 aromatic carbocycles. The summed E-state index contributed by atoms with van der Waals surface area (Å²) >= 11 is 5.78. The summed E-state index contributed by atoms with van der Waals surface area (Å²) < 4.78 is 19.1. The number of carbonyl (C=O) groups is 2. The Morgan fingerprint density at radius 3 is 2.45 bits per heavy atom. The molecule has 0 aliphatic heterocycles. The monoisotopic (exact) mass is 434 g/mol. The number of amides is 2. The van der Waals surface area contributed by atoms with E-state index in [4.69, 9.17) is 16.0 Å². The molecular weight excluding hydrogens is 419 g/mol. The first kappa shape index (κ1) is 20.4. The van der Waals surface area contributed by atoms with Crippen LogP contribution in [-0.2, 0) is 4.79 Å². The van der Waals surface area contributed by atoms with E-state index in [0.29, 0.717) is 11.0 Å². The highest BCUT2D eigenvalue weighted by Crippen LogP contribution is 2.32. The predicted molar refractivity (Wildman–Crippen MR) is 120 cm³/mol. The van der Waals surface area contributed by atoms with Crippen LogP contribution in [0.2, 0.25) is 5.02 Å². The van der Waals surface area contributed by atoms with Gasteiger partial charge in [0, 0.05) is 17.1 Å². The molecule has 0 aliphatic rings. The van der Waals surface area contributed by atoms with Crippen LogP contribution in [0.15, 0.2) is 83.3 Å². The third-order valence-electron chi connectivity index (χ3n) is 4.45. The second-order valence-corrected chi connectivity index (χ2v) is 7.03. The van der Waals surface area contributed by atoms with Gasteiger partial charge in [-0.2, -0.15) is 0 Å². The first-order chi connectivity index (χ1) is 15.0. The Labute approximate surface area is 182 Å². The number of carbonyl (C=O) groups excluding carboxylic acids is 2. The van der Waals surface area contributed by atoms with E-state index in [1.165, 1.54) is 18.2 Å². The van der Waals surface area contributed by atoms with Crippen molar-refractivity contribution in [3.8, 4) is 0 Å². The zero-order valence-corrected chi connectivity index (χ0v) is 16.8. The van der Waals surface area contributed by atoms with Crippen LogP contribution in [0.4, 0.5) is 15.8 Å². The van der Waals surface area contributed by atoms with Crippen molar-refractivity contribution in [2.45, 2.75) is 0 Å². The molecule has 1 heterocycles. The molecule has 5 nitrogen and oxygen atoms in total. The average molecular weight is 435 g/mol. The number of furan rings is 1. The third kappa shape index (κ3) is 4.65. The summed E-state index contributed by atoms with van der Waals surface area (Å²) in [5.41, 5.74) is 1.83. The molecule has 2 amide bonds. The highest BCUT2D eigenvalue weighted by molar-refractivity contribution is 6.31. The number of anilines is 2. The van der Waals surface area contributed by atoms with Crippen LogP contribution in [0.1, 0.15) is 16.1 Å². The Balaban J connectivity index is 1.62. The highest BCUT2D eigenvalue weighted by atomic mass is 35.5. The van der Waals surface area contributed by atoms with E-state index in [2.05, 4.69) is 10.6 Å². The van der Waals surface area contributed by atoms with Crippen molar-refractivity contribution in [2.75, 3.05) is 10.6 Å². The van der Waals surface area contributed by atoms with Crippen molar-refractivity contribution in [1.29, 1.82) is 0 Å². The van der Waals surface area contributed by atoms with Gasteiger partial charge in [0.15, 0.2) is 0 Å². The van der Waals surface area contributed by atoms with Gasteiger partial charge in [-0.3, -0.25) is 9.59 Å². The third-order valence-corrected chi connectivity index (χ3v) is 4.74. The molecule has 0 spiro atoms. The van der Waals surface area contributed by atoms with Gasteiger partial charge in [-0.1, -0.05) is 54.1 Å². The van der Waals surface area contributed by atoms with Crippen molar-refractivity contribution in [3.05, 3.63) is 101 Å². The van der Waals surface area contributed by atoms with Crippen molar-refractivity contribution < 1.29 is 18.4 Å². The molecule has 0 saturated carbocycles. The van der Waals surface area contributed by atoms with E-state index >= 15 is 0 Å². The Bertz CT molecular complexity index is 1300. The SMILES string of the molecule is O=C(C=Cc1ccccc1)Nc1c(C(=O)Nc2ccc(F)c(Cl)c2)oc2ccccc12. The second-order valence-electron chi connectivity index (χ2n) is 6.62. The summed E-state index contributed by atoms with van der Waals surface area (Å²) in [6.45, 7) is 0. The van der Waals surface area contributed by atoms with E-state index in [1.54, 1.807) is 30.3 Å². The zero-order chi connectivity index (χ0) is 21.8. The fourth-order valence-electron chi connectivity index (χ4n) is 2.99. The molecule has 0 aliphatic carbocycles. The molecule has 0 radical (unpaired) electrons. The van der Waals surface area contributed by atoms with Gasteiger partial charge in [0.05, 0.1) is 5.02 Å². The largest absolute Gasteiger partial charge is 0.449 e. The van der Waals surface area contributed by atoms with Gasteiger partial charge in [0.2, 0.25) is 11.7 Å². The predicted octanol–water partition coefficient (Wildman–Crippen LogP) is 6.13. The van der Waals surface area contributed by atoms with E-state index in [-0.39, 0.29) is 22.2 Å². The summed E-state index contributed by atoms with van der Waals surface area (Å²) in [7, 11) is 0. The zero-order valence-electron chi connectivity index (χ0n) is 16.1. The van der Waals surface area contributed by atoms with Crippen molar-refractivity contribution >= 4 is 51.8 Å². The lowest BCUT2D eigenvalue weighted by Gasteiger charge is -2.07. The van der Waals surface area contributed by atoms with Crippen LogP contribution in [0.25, 0.3) is 17.0 Å². The van der Waals surface area contributed by atoms with E-state index in [1.807, 2.05) is 30.3 Å². The van der Waals surface area contributed by atoms with Crippen LogP contribution >= 0.6 is 11.6 Å². The lowest BCUT2D eigenvalue weighted by molar-refractivity contribution is -0.111. The van der Waals surface area contributed by atoms with Crippen LogP contribution in [0, 0.1) is 5.82 Å². The van der Waals surface area contributed by atoms with E-state index < -0.39 is 17.6 Å². The number of rotatable bonds is 5. The van der Waals surface area contributed by atoms with E-state index in [9.17, 15) is 14.0 Å². The molecule has 0 atom stereocenters. The van der Waals surface area contributed by atoms with Crippen LogP contribution in [0.5, 0.6) is 0 Å². The summed E-state index contributed by atoms with van der Waals surface area (Å²) in [5, 5.41) is 5.78. The minimum atomic E-state index is -0.610. The molecule has 4 rings (SSSR count). The number of halogens is 2. The maximum Gasteiger partial charge on any atom is 0.293 e. The van der Waals surface area contributed by atoms with Gasteiger partial charge in [0.25, 0.3) is 5.91 Å². The fourth-order valence-corrected chi connectivity index (χ4v) is 3.17. The molecular formula is C24H16ClFN2O3. The molecule has 0 bridgehead atoms. The lowest BCUT2D eigenvalue weighted by atomic mass is 10.2. The normalized spacial score (nSPS) is 11.0. The van der Waals surface area contributed by atoms with Gasteiger partial charge >= 0.3 is 0 Å². The number of hydrogen-bond donors (Lipinski definition) is 2. The van der Waals surface area contributed by atoms with Gasteiger partial charge in [-0.05, 0) is 42.0 Å². The lowest BCUT2D eigenvalue weighted by Crippen LogP contribution is -2.15. The van der Waals surface area contributed by atoms with Crippen LogP contribution < -0.4 is 10.6 Å². The van der Waals surface area contributed by atoms with E-state index in [0.717, 1.165) is 11.6 Å². The highest BCUT2D eigenvalue weighted by Gasteiger charge is 2.22. The summed E-state index contributed by atoms with van der Waals surface area (Å²) in [6, 6.07) is 20.1. The standard InChI is InChI=1S/C24H16ClFN2O3/c25-18-14-16(11-12-19(18)26)27-24(30)23-22(17-8-4-5-9-20(17)31-23)28-21(29)13-10-15-6-2-1-3-7-15/h1-14H,(H,27,30)(H,28,29). The number of para-hydroxylation sites is 1. The second kappa shape index (κ2) is 8.85. The Morgan fingerprint density at radius 2 is 1.68 bits per heavy atom. The van der Waals surface area contributed by atoms with Gasteiger partial charge in [-0.15, -0.1) is 0 Å². The molecule has 0 saturated heterocycles. The summed E-state index contributed by atoms with van der Waals surface area (Å²) in [6.07, 6.45) is 3.04. The Morgan fingerprint density at radius 1 is 0.935 bits per heavy atom. The number of hydrogen-bond acceptors (Lipinski definition) is 3. The maximum atomic E-state index is 13.4. The van der Waals surface area contributed by atoms with Crippen molar-refractivity contribution in [1.82, 2.24) is 0 Å². The molecule has 0 unspecified atom stereocenters. The molecule has 7 heteroatoms. The molecule has 0 fully saturated rings. The van der Waals surface area contributed by atoms with Crippen LogP contribution in [0.3, 0.4) is 0 Å². The number of nitrogens with one attached hydrogen (secondary N) is 2. The van der Waals surface area contributed by atoms with Crippen molar-refractivity contribution in [2.24, 2.45) is 0 Å². The first-order valence-electron chi connectivity index (χ1n) is 9.33. The molecule has 31 heavy (non-hydrogen) atoms. The fraction of sp³-hybridized carbons (Fsp3) is 0. The summed E-state index contributed by atoms with van der Waals surface area (Å²) in [4.78, 5) is 25.4. The topological polar surface area (TPSA) is 71.3 Å². The molecule has 154 valence electrons. The minimum Gasteiger partial charge on any atom is -0.449 e. The molecule has 4 aromatic rings. The minimum absolute atomic E-state index is 0.0805. The smallest absolute Gasteiger partial charge is 0.293 e.